The van der Waals surface area contributed by atoms with Crippen LogP contribution in [0.4, 0.5) is 0 Å². The maximum absolute atomic E-state index is 12.5. The van der Waals surface area contributed by atoms with Crippen LogP contribution in [0.3, 0.4) is 0 Å². The molecule has 5 nitrogen and oxygen atoms in total. The number of benzene rings is 1. The standard InChI is InChI=1S/C18H23N3O2S/c1-3-15-6-4-5-11-21(15)16(22)12-24-18-20-19-17(23-18)14-9-7-13(2)8-10-14/h7-10,15H,3-6,11-12H2,1-2H3/t15-/m0/s1. The smallest absolute Gasteiger partial charge is 0.277 e. The van der Waals surface area contributed by atoms with Crippen molar-refractivity contribution in [1.82, 2.24) is 15.1 Å². The van der Waals surface area contributed by atoms with Crippen molar-refractivity contribution in [2.24, 2.45) is 0 Å². The van der Waals surface area contributed by atoms with E-state index in [1.54, 1.807) is 0 Å². The van der Waals surface area contributed by atoms with Gasteiger partial charge in [0, 0.05) is 18.2 Å². The molecule has 0 spiro atoms. The van der Waals surface area contributed by atoms with Crippen LogP contribution in [-0.4, -0.2) is 39.3 Å². The van der Waals surface area contributed by atoms with Crippen molar-refractivity contribution in [3.05, 3.63) is 29.8 Å². The minimum atomic E-state index is 0.168. The zero-order valence-corrected chi connectivity index (χ0v) is 15.0. The van der Waals surface area contributed by atoms with Crippen molar-refractivity contribution in [1.29, 1.82) is 0 Å². The highest BCUT2D eigenvalue weighted by Crippen LogP contribution is 2.25. The zero-order chi connectivity index (χ0) is 16.9. The summed E-state index contributed by atoms with van der Waals surface area (Å²) in [5.41, 5.74) is 2.08. The van der Waals surface area contributed by atoms with Gasteiger partial charge in [0.05, 0.1) is 5.75 Å². The molecule has 1 aliphatic heterocycles. The van der Waals surface area contributed by atoms with Crippen LogP contribution in [0, 0.1) is 6.92 Å². The van der Waals surface area contributed by atoms with Gasteiger partial charge in [0.25, 0.3) is 5.22 Å². The molecule has 128 valence electrons. The number of hydrogen-bond acceptors (Lipinski definition) is 5. The van der Waals surface area contributed by atoms with Crippen molar-refractivity contribution in [3.8, 4) is 11.5 Å². The molecule has 1 aromatic heterocycles. The minimum absolute atomic E-state index is 0.168. The summed E-state index contributed by atoms with van der Waals surface area (Å²) in [5.74, 6) is 1.02. The number of piperidine rings is 1. The van der Waals surface area contributed by atoms with Gasteiger partial charge >= 0.3 is 0 Å². The Balaban J connectivity index is 1.59. The number of carbonyl (C=O) groups is 1. The normalized spacial score (nSPS) is 17.9. The molecular formula is C18H23N3O2S. The van der Waals surface area contributed by atoms with Gasteiger partial charge in [-0.1, -0.05) is 36.4 Å². The lowest BCUT2D eigenvalue weighted by Gasteiger charge is -2.35. The van der Waals surface area contributed by atoms with E-state index in [4.69, 9.17) is 4.42 Å². The number of carbonyl (C=O) groups excluding carboxylic acids is 1. The Kier molecular flexibility index (Phi) is 5.56. The predicted octanol–water partition coefficient (Wildman–Crippen LogP) is 3.93. The monoisotopic (exact) mass is 345 g/mol. The van der Waals surface area contributed by atoms with E-state index in [-0.39, 0.29) is 5.91 Å². The summed E-state index contributed by atoms with van der Waals surface area (Å²) in [5, 5.41) is 8.57. The van der Waals surface area contributed by atoms with Crippen LogP contribution in [0.25, 0.3) is 11.5 Å². The average Bonchev–Trinajstić information content (AvgIpc) is 3.09. The minimum Gasteiger partial charge on any atom is -0.411 e. The Labute approximate surface area is 146 Å². The van der Waals surface area contributed by atoms with Crippen LogP contribution in [0.15, 0.2) is 33.9 Å². The molecule has 1 aromatic carbocycles. The first-order valence-corrected chi connectivity index (χ1v) is 9.48. The van der Waals surface area contributed by atoms with E-state index in [2.05, 4.69) is 17.1 Å². The summed E-state index contributed by atoms with van der Waals surface area (Å²) in [4.78, 5) is 14.5. The number of aryl methyl sites for hydroxylation is 1. The Bertz CT molecular complexity index is 684. The van der Waals surface area contributed by atoms with E-state index in [1.165, 1.54) is 23.7 Å². The molecule has 2 aromatic rings. The molecule has 0 aliphatic carbocycles. The second-order valence-corrected chi connectivity index (χ2v) is 7.10. The summed E-state index contributed by atoms with van der Waals surface area (Å²) < 4.78 is 5.67. The molecular weight excluding hydrogens is 322 g/mol. The van der Waals surface area contributed by atoms with Gasteiger partial charge in [-0.3, -0.25) is 4.79 Å². The predicted molar refractivity (Wildman–Crippen MR) is 94.8 cm³/mol. The molecule has 1 aliphatic rings. The first-order chi connectivity index (χ1) is 11.7. The topological polar surface area (TPSA) is 59.2 Å². The molecule has 1 atom stereocenters. The van der Waals surface area contributed by atoms with Crippen molar-refractivity contribution in [3.63, 3.8) is 0 Å². The Morgan fingerprint density at radius 3 is 2.83 bits per heavy atom. The third kappa shape index (κ3) is 3.98. The lowest BCUT2D eigenvalue weighted by atomic mass is 10.0. The quantitative estimate of drug-likeness (QED) is 0.769. The van der Waals surface area contributed by atoms with E-state index < -0.39 is 0 Å². The number of thioether (sulfide) groups is 1. The second-order valence-electron chi connectivity index (χ2n) is 6.17. The maximum Gasteiger partial charge on any atom is 0.277 e. The van der Waals surface area contributed by atoms with Crippen LogP contribution in [0.1, 0.15) is 38.2 Å². The van der Waals surface area contributed by atoms with Crippen LogP contribution >= 0.6 is 11.8 Å². The van der Waals surface area contributed by atoms with Gasteiger partial charge in [0.15, 0.2) is 0 Å². The molecule has 0 bridgehead atoms. The first-order valence-electron chi connectivity index (χ1n) is 8.50. The van der Waals surface area contributed by atoms with Gasteiger partial charge in [-0.15, -0.1) is 10.2 Å². The van der Waals surface area contributed by atoms with Gasteiger partial charge in [-0.2, -0.15) is 0 Å². The van der Waals surface area contributed by atoms with Crippen molar-refractivity contribution in [2.45, 2.75) is 50.8 Å². The van der Waals surface area contributed by atoms with Gasteiger partial charge < -0.3 is 9.32 Å². The molecule has 6 heteroatoms. The number of rotatable bonds is 5. The number of amides is 1. The lowest BCUT2D eigenvalue weighted by molar-refractivity contribution is -0.132. The highest BCUT2D eigenvalue weighted by atomic mass is 32.2. The van der Waals surface area contributed by atoms with E-state index in [1.807, 2.05) is 36.1 Å². The van der Waals surface area contributed by atoms with Crippen molar-refractivity contribution < 1.29 is 9.21 Å². The van der Waals surface area contributed by atoms with Crippen LogP contribution in [0.2, 0.25) is 0 Å². The van der Waals surface area contributed by atoms with Crippen LogP contribution in [0.5, 0.6) is 0 Å². The first kappa shape index (κ1) is 17.0. The highest BCUT2D eigenvalue weighted by Gasteiger charge is 2.25. The fourth-order valence-electron chi connectivity index (χ4n) is 3.04. The van der Waals surface area contributed by atoms with Crippen LogP contribution < -0.4 is 0 Å². The van der Waals surface area contributed by atoms with E-state index in [0.717, 1.165) is 31.4 Å². The van der Waals surface area contributed by atoms with Gasteiger partial charge in [-0.25, -0.2) is 0 Å². The Morgan fingerprint density at radius 2 is 2.08 bits per heavy atom. The van der Waals surface area contributed by atoms with Gasteiger partial charge in [-0.05, 0) is 44.7 Å². The SMILES string of the molecule is CC[C@H]1CCCCN1C(=O)CSc1nnc(-c2ccc(C)cc2)o1. The fraction of sp³-hybridized carbons (Fsp3) is 0.500. The van der Waals surface area contributed by atoms with Gasteiger partial charge in [0.1, 0.15) is 0 Å². The molecule has 0 saturated carbocycles. The molecule has 3 rings (SSSR count). The van der Waals surface area contributed by atoms with E-state index in [0.29, 0.717) is 22.9 Å². The summed E-state index contributed by atoms with van der Waals surface area (Å²) in [6.45, 7) is 5.06. The highest BCUT2D eigenvalue weighted by molar-refractivity contribution is 7.99. The van der Waals surface area contributed by atoms with Crippen molar-refractivity contribution >= 4 is 17.7 Å². The molecule has 2 heterocycles. The summed E-state index contributed by atoms with van der Waals surface area (Å²) in [7, 11) is 0. The summed E-state index contributed by atoms with van der Waals surface area (Å²) >= 11 is 1.32. The number of likely N-dealkylation sites (tertiary alicyclic amines) is 1. The maximum atomic E-state index is 12.5. The number of hydrogen-bond donors (Lipinski definition) is 0. The number of nitrogens with zero attached hydrogens (tertiary/aromatic N) is 3. The Hall–Kier alpha value is -1.82. The lowest BCUT2D eigenvalue weighted by Crippen LogP contribution is -2.44. The molecule has 1 saturated heterocycles. The zero-order valence-electron chi connectivity index (χ0n) is 14.2. The third-order valence-electron chi connectivity index (χ3n) is 4.44. The second kappa shape index (κ2) is 7.83. The molecule has 24 heavy (non-hydrogen) atoms. The van der Waals surface area contributed by atoms with E-state index in [9.17, 15) is 4.79 Å². The summed E-state index contributed by atoms with van der Waals surface area (Å²) in [6.07, 6.45) is 4.46. The van der Waals surface area contributed by atoms with Crippen molar-refractivity contribution in [2.75, 3.05) is 12.3 Å². The third-order valence-corrected chi connectivity index (χ3v) is 5.25. The molecule has 1 amide bonds. The Morgan fingerprint density at radius 1 is 1.29 bits per heavy atom. The molecule has 0 radical (unpaired) electrons. The van der Waals surface area contributed by atoms with E-state index >= 15 is 0 Å². The van der Waals surface area contributed by atoms with Gasteiger partial charge in [0.2, 0.25) is 11.8 Å². The summed E-state index contributed by atoms with van der Waals surface area (Å²) in [6, 6.07) is 8.33. The fourth-order valence-corrected chi connectivity index (χ4v) is 3.69. The molecule has 1 fully saturated rings. The molecule has 0 unspecified atom stereocenters. The van der Waals surface area contributed by atoms with Crippen LogP contribution in [-0.2, 0) is 4.79 Å². The average molecular weight is 345 g/mol. The number of aromatic nitrogens is 2. The molecule has 0 N–H and O–H groups in total. The largest absolute Gasteiger partial charge is 0.411 e.